The molecule has 0 spiro atoms. The molecule has 1 aromatic heterocycles. The van der Waals surface area contributed by atoms with Gasteiger partial charge >= 0.3 is 12.1 Å². The lowest BCUT2D eigenvalue weighted by molar-refractivity contribution is -0.141. The van der Waals surface area contributed by atoms with Gasteiger partial charge in [0.25, 0.3) is 0 Å². The molecule has 18 heavy (non-hydrogen) atoms. The van der Waals surface area contributed by atoms with Crippen molar-refractivity contribution in [1.29, 1.82) is 0 Å². The topological polar surface area (TPSA) is 50.2 Å². The van der Waals surface area contributed by atoms with E-state index in [1.54, 1.807) is 13.8 Å². The average Bonchev–Trinajstić information content (AvgIpc) is 2.27. The Kier molecular flexibility index (Phi) is 4.61. The van der Waals surface area contributed by atoms with E-state index in [9.17, 15) is 18.0 Å². The second-order valence-corrected chi connectivity index (χ2v) is 5.23. The smallest absolute Gasteiger partial charge is 0.417 e. The van der Waals surface area contributed by atoms with Gasteiger partial charge in [0.15, 0.2) is 0 Å². The van der Waals surface area contributed by atoms with Crippen LogP contribution in [0.1, 0.15) is 19.4 Å². The Morgan fingerprint density at radius 1 is 1.39 bits per heavy atom. The fraction of sp³-hybridized carbons (Fsp3) is 0.455. The van der Waals surface area contributed by atoms with E-state index in [2.05, 4.69) is 4.98 Å². The van der Waals surface area contributed by atoms with Crippen LogP contribution in [-0.2, 0) is 11.0 Å². The minimum Gasteiger partial charge on any atom is -0.481 e. The van der Waals surface area contributed by atoms with Gasteiger partial charge in [-0.15, -0.1) is 11.8 Å². The lowest BCUT2D eigenvalue weighted by Crippen LogP contribution is -2.20. The fourth-order valence-electron chi connectivity index (χ4n) is 1.11. The van der Waals surface area contributed by atoms with Crippen molar-refractivity contribution in [2.45, 2.75) is 30.3 Å². The number of rotatable bonds is 4. The van der Waals surface area contributed by atoms with Crippen LogP contribution in [-0.4, -0.2) is 21.3 Å². The highest BCUT2D eigenvalue weighted by Gasteiger charge is 2.30. The first kappa shape index (κ1) is 14.8. The highest BCUT2D eigenvalue weighted by molar-refractivity contribution is 7.99. The summed E-state index contributed by atoms with van der Waals surface area (Å²) in [4.78, 5) is 14.4. The van der Waals surface area contributed by atoms with Crippen molar-refractivity contribution >= 4 is 17.7 Å². The normalized spacial score (nSPS) is 15.2. The van der Waals surface area contributed by atoms with Crippen molar-refractivity contribution in [3.05, 3.63) is 23.9 Å². The van der Waals surface area contributed by atoms with E-state index in [0.29, 0.717) is 5.03 Å². The summed E-state index contributed by atoms with van der Waals surface area (Å²) in [5.74, 6) is -1.54. The molecule has 0 radical (unpaired) electrons. The third-order valence-electron chi connectivity index (χ3n) is 2.46. The van der Waals surface area contributed by atoms with Crippen LogP contribution in [0.15, 0.2) is 23.4 Å². The van der Waals surface area contributed by atoms with Gasteiger partial charge in [-0.05, 0) is 12.1 Å². The molecule has 0 bridgehead atoms. The first-order valence-corrected chi connectivity index (χ1v) is 6.02. The lowest BCUT2D eigenvalue weighted by Gasteiger charge is -2.15. The number of hydrogen-bond acceptors (Lipinski definition) is 3. The summed E-state index contributed by atoms with van der Waals surface area (Å²) in [7, 11) is 0. The van der Waals surface area contributed by atoms with Crippen molar-refractivity contribution in [1.82, 2.24) is 4.98 Å². The number of carboxylic acids is 1. The molecule has 2 unspecified atom stereocenters. The molecule has 7 heteroatoms. The van der Waals surface area contributed by atoms with Gasteiger partial charge in [-0.2, -0.15) is 13.2 Å². The summed E-state index contributed by atoms with van der Waals surface area (Å²) in [6.07, 6.45) is -3.66. The van der Waals surface area contributed by atoms with Gasteiger partial charge in [-0.25, -0.2) is 4.98 Å². The van der Waals surface area contributed by atoms with Gasteiger partial charge in [-0.3, -0.25) is 4.79 Å². The summed E-state index contributed by atoms with van der Waals surface area (Å²) in [5.41, 5.74) is -0.814. The highest BCUT2D eigenvalue weighted by atomic mass is 32.2. The number of aromatic nitrogens is 1. The largest absolute Gasteiger partial charge is 0.481 e. The number of hydrogen-bond donors (Lipinski definition) is 1. The van der Waals surface area contributed by atoms with Crippen LogP contribution >= 0.6 is 11.8 Å². The zero-order chi connectivity index (χ0) is 13.9. The molecule has 0 fully saturated rings. The van der Waals surface area contributed by atoms with Crippen LogP contribution in [0.3, 0.4) is 0 Å². The predicted octanol–water partition coefficient (Wildman–Crippen LogP) is 3.30. The number of aliphatic carboxylic acids is 1. The standard InChI is InChI=1S/C11H12F3NO2S/c1-6(10(16)17)7(2)18-9-4-3-8(5-15-9)11(12,13)14/h3-7H,1-2H3,(H,16,17). The second kappa shape index (κ2) is 5.60. The molecule has 0 saturated heterocycles. The number of thioether (sulfide) groups is 1. The molecule has 100 valence electrons. The average molecular weight is 279 g/mol. The maximum absolute atomic E-state index is 12.3. The molecule has 1 rings (SSSR count). The minimum absolute atomic E-state index is 0.272. The zero-order valence-corrected chi connectivity index (χ0v) is 10.5. The van der Waals surface area contributed by atoms with Crippen LogP contribution in [0.4, 0.5) is 13.2 Å². The third-order valence-corrected chi connectivity index (χ3v) is 3.73. The van der Waals surface area contributed by atoms with Crippen molar-refractivity contribution in [3.63, 3.8) is 0 Å². The van der Waals surface area contributed by atoms with E-state index in [-0.39, 0.29) is 5.25 Å². The Balaban J connectivity index is 2.73. The molecule has 0 aliphatic rings. The molecule has 2 atom stereocenters. The maximum atomic E-state index is 12.3. The molecule has 3 nitrogen and oxygen atoms in total. The molecule has 1 N–H and O–H groups in total. The number of carboxylic acid groups (broad SMARTS) is 1. The number of pyridine rings is 1. The van der Waals surface area contributed by atoms with Crippen molar-refractivity contribution in [2.75, 3.05) is 0 Å². The van der Waals surface area contributed by atoms with E-state index < -0.39 is 23.6 Å². The van der Waals surface area contributed by atoms with Crippen molar-refractivity contribution < 1.29 is 23.1 Å². The van der Waals surface area contributed by atoms with Gasteiger partial charge in [-0.1, -0.05) is 13.8 Å². The summed E-state index contributed by atoms with van der Waals surface area (Å²) in [6, 6.07) is 2.19. The molecular formula is C11H12F3NO2S. The SMILES string of the molecule is CC(Sc1ccc(C(F)(F)F)cn1)C(C)C(=O)O. The van der Waals surface area contributed by atoms with Crippen molar-refractivity contribution in [2.24, 2.45) is 5.92 Å². The predicted molar refractivity (Wildman–Crippen MR) is 61.4 cm³/mol. The summed E-state index contributed by atoms with van der Waals surface area (Å²) < 4.78 is 36.9. The molecule has 1 aromatic rings. The Hall–Kier alpha value is -1.24. The van der Waals surface area contributed by atoms with E-state index in [4.69, 9.17) is 5.11 Å². The Morgan fingerprint density at radius 2 is 2.00 bits per heavy atom. The first-order chi connectivity index (χ1) is 8.21. The van der Waals surface area contributed by atoms with Gasteiger partial charge < -0.3 is 5.11 Å². The number of halogens is 3. The van der Waals surface area contributed by atoms with Gasteiger partial charge in [0.05, 0.1) is 16.5 Å². The monoisotopic (exact) mass is 279 g/mol. The van der Waals surface area contributed by atoms with Gasteiger partial charge in [0.1, 0.15) is 0 Å². The molecule has 0 amide bonds. The van der Waals surface area contributed by atoms with Gasteiger partial charge in [0.2, 0.25) is 0 Å². The quantitative estimate of drug-likeness (QED) is 0.859. The molecular weight excluding hydrogens is 267 g/mol. The van der Waals surface area contributed by atoms with Crippen LogP contribution < -0.4 is 0 Å². The van der Waals surface area contributed by atoms with E-state index >= 15 is 0 Å². The highest BCUT2D eigenvalue weighted by Crippen LogP contribution is 2.31. The number of nitrogens with zero attached hydrogens (tertiary/aromatic N) is 1. The molecule has 0 aliphatic heterocycles. The first-order valence-electron chi connectivity index (χ1n) is 5.14. The van der Waals surface area contributed by atoms with E-state index in [1.807, 2.05) is 0 Å². The maximum Gasteiger partial charge on any atom is 0.417 e. The summed E-state index contributed by atoms with van der Waals surface area (Å²) in [6.45, 7) is 3.24. The number of alkyl halides is 3. The summed E-state index contributed by atoms with van der Waals surface area (Å²) in [5, 5.41) is 8.91. The van der Waals surface area contributed by atoms with Crippen molar-refractivity contribution in [3.8, 4) is 0 Å². The third kappa shape index (κ3) is 3.90. The second-order valence-electron chi connectivity index (χ2n) is 3.83. The molecule has 0 aromatic carbocycles. The minimum atomic E-state index is -4.41. The Bertz CT molecular complexity index is 419. The van der Waals surface area contributed by atoms with Gasteiger partial charge in [0, 0.05) is 11.4 Å². The van der Waals surface area contributed by atoms with E-state index in [0.717, 1.165) is 24.0 Å². The lowest BCUT2D eigenvalue weighted by atomic mass is 10.1. The zero-order valence-electron chi connectivity index (χ0n) is 9.73. The van der Waals surface area contributed by atoms with Crippen LogP contribution in [0.25, 0.3) is 0 Å². The van der Waals surface area contributed by atoms with Crippen LogP contribution in [0.5, 0.6) is 0 Å². The summed E-state index contributed by atoms with van der Waals surface area (Å²) >= 11 is 1.14. The van der Waals surface area contributed by atoms with E-state index in [1.165, 1.54) is 6.07 Å². The van der Waals surface area contributed by atoms with Crippen LogP contribution in [0.2, 0.25) is 0 Å². The molecule has 1 heterocycles. The Labute approximate surface area is 106 Å². The molecule has 0 aliphatic carbocycles. The Morgan fingerprint density at radius 3 is 2.39 bits per heavy atom. The molecule has 0 saturated carbocycles. The fourth-order valence-corrected chi connectivity index (χ4v) is 2.07. The van der Waals surface area contributed by atoms with Crippen LogP contribution in [0, 0.1) is 5.92 Å². The number of carbonyl (C=O) groups is 1.